The highest BCUT2D eigenvalue weighted by molar-refractivity contribution is 7.09. The quantitative estimate of drug-likeness (QED) is 0.718. The number of aromatic nitrogens is 1. The molecule has 0 aromatic carbocycles. The van der Waals surface area contributed by atoms with Crippen LogP contribution in [0.5, 0.6) is 0 Å². The normalized spacial score (nSPS) is 20.9. The fourth-order valence-corrected chi connectivity index (χ4v) is 3.73. The maximum atomic E-state index is 12.1. The van der Waals surface area contributed by atoms with E-state index in [4.69, 9.17) is 4.74 Å². The lowest BCUT2D eigenvalue weighted by Gasteiger charge is -2.25. The molecule has 1 aliphatic heterocycles. The van der Waals surface area contributed by atoms with Gasteiger partial charge < -0.3 is 9.64 Å². The minimum Gasteiger partial charge on any atom is -0.446 e. The summed E-state index contributed by atoms with van der Waals surface area (Å²) in [6, 6.07) is 0. The predicted octanol–water partition coefficient (Wildman–Crippen LogP) is 5.45. The lowest BCUT2D eigenvalue weighted by molar-refractivity contribution is 0.0505. The van der Waals surface area contributed by atoms with Gasteiger partial charge in [-0.2, -0.15) is 0 Å². The van der Waals surface area contributed by atoms with Crippen molar-refractivity contribution in [2.45, 2.75) is 78.2 Å². The molecule has 1 amide bonds. The molecular formula is C18H32N2O2S. The number of thiazole rings is 1. The van der Waals surface area contributed by atoms with E-state index in [2.05, 4.69) is 4.98 Å². The van der Waals surface area contributed by atoms with Gasteiger partial charge in [-0.15, -0.1) is 11.3 Å². The monoisotopic (exact) mass is 340 g/mol. The Kier molecular flexibility index (Phi) is 9.92. The fraction of sp³-hybridized carbons (Fsp3) is 0.778. The summed E-state index contributed by atoms with van der Waals surface area (Å²) >= 11 is 1.68. The maximum absolute atomic E-state index is 12.1. The SMILES string of the molecule is CC.CC.O=C(OC1CCCCC1)N1CCC(c2nccs2)C1. The Morgan fingerprint density at radius 3 is 2.48 bits per heavy atom. The van der Waals surface area contributed by atoms with Gasteiger partial charge in [0.05, 0.1) is 5.01 Å². The maximum Gasteiger partial charge on any atom is 0.410 e. The van der Waals surface area contributed by atoms with Crippen LogP contribution < -0.4 is 0 Å². The summed E-state index contributed by atoms with van der Waals surface area (Å²) in [4.78, 5) is 18.3. The van der Waals surface area contributed by atoms with E-state index >= 15 is 0 Å². The van der Waals surface area contributed by atoms with Crippen LogP contribution in [-0.2, 0) is 4.74 Å². The summed E-state index contributed by atoms with van der Waals surface area (Å²) in [5, 5.41) is 3.14. The van der Waals surface area contributed by atoms with E-state index in [9.17, 15) is 4.79 Å². The van der Waals surface area contributed by atoms with Gasteiger partial charge in [0.15, 0.2) is 0 Å². The molecule has 2 aliphatic rings. The Labute approximate surface area is 145 Å². The number of amides is 1. The summed E-state index contributed by atoms with van der Waals surface area (Å²) in [6.45, 7) is 9.56. The zero-order chi connectivity index (χ0) is 17.1. The van der Waals surface area contributed by atoms with Gasteiger partial charge in [0.1, 0.15) is 6.10 Å². The first kappa shape index (κ1) is 19.9. The topological polar surface area (TPSA) is 42.4 Å². The van der Waals surface area contributed by atoms with Crippen LogP contribution >= 0.6 is 11.3 Å². The molecule has 1 aromatic heterocycles. The minimum absolute atomic E-state index is 0.119. The molecule has 23 heavy (non-hydrogen) atoms. The lowest BCUT2D eigenvalue weighted by Crippen LogP contribution is -2.33. The first-order valence-electron chi connectivity index (χ1n) is 9.18. The summed E-state index contributed by atoms with van der Waals surface area (Å²) in [7, 11) is 0. The van der Waals surface area contributed by atoms with Crippen LogP contribution in [0.15, 0.2) is 11.6 Å². The van der Waals surface area contributed by atoms with E-state index in [1.807, 2.05) is 44.2 Å². The Hall–Kier alpha value is -1.10. The van der Waals surface area contributed by atoms with Gasteiger partial charge in [-0.1, -0.05) is 34.1 Å². The zero-order valence-electron chi connectivity index (χ0n) is 15.1. The summed E-state index contributed by atoms with van der Waals surface area (Å²) < 4.78 is 5.61. The highest BCUT2D eigenvalue weighted by Gasteiger charge is 2.31. The van der Waals surface area contributed by atoms with E-state index in [1.165, 1.54) is 19.3 Å². The zero-order valence-corrected chi connectivity index (χ0v) is 15.9. The molecule has 0 bridgehead atoms. The first-order chi connectivity index (χ1) is 11.3. The Morgan fingerprint density at radius 1 is 1.17 bits per heavy atom. The van der Waals surface area contributed by atoms with Crippen LogP contribution in [0.4, 0.5) is 4.79 Å². The van der Waals surface area contributed by atoms with Gasteiger partial charge in [-0.25, -0.2) is 9.78 Å². The van der Waals surface area contributed by atoms with Crippen LogP contribution in [0.25, 0.3) is 0 Å². The number of rotatable bonds is 2. The molecule has 1 aliphatic carbocycles. The summed E-state index contributed by atoms with van der Waals surface area (Å²) in [5.41, 5.74) is 0. The molecule has 1 atom stereocenters. The third-order valence-corrected chi connectivity index (χ3v) is 5.00. The first-order valence-corrected chi connectivity index (χ1v) is 10.1. The fourth-order valence-electron chi connectivity index (χ4n) is 2.96. The standard InChI is InChI=1S/C14H20N2O2S.2C2H6/c17-14(18-12-4-2-1-3-5-12)16-8-6-11(10-16)13-15-7-9-19-13;2*1-2/h7,9,11-12H,1-6,8,10H2;2*1-2H3. The Morgan fingerprint density at radius 2 is 1.87 bits per heavy atom. The van der Waals surface area contributed by atoms with Crippen LogP contribution in [0.3, 0.4) is 0 Å². The third kappa shape index (κ3) is 6.13. The Balaban J connectivity index is 0.000000615. The van der Waals surface area contributed by atoms with Crippen molar-refractivity contribution >= 4 is 17.4 Å². The molecule has 4 nitrogen and oxygen atoms in total. The van der Waals surface area contributed by atoms with Crippen molar-refractivity contribution in [3.63, 3.8) is 0 Å². The van der Waals surface area contributed by atoms with Gasteiger partial charge in [-0.3, -0.25) is 0 Å². The number of likely N-dealkylation sites (tertiary alicyclic amines) is 1. The number of nitrogens with zero attached hydrogens (tertiary/aromatic N) is 2. The van der Waals surface area contributed by atoms with Gasteiger partial charge in [0.25, 0.3) is 0 Å². The third-order valence-electron chi connectivity index (χ3n) is 4.07. The van der Waals surface area contributed by atoms with Gasteiger partial charge in [0, 0.05) is 30.6 Å². The van der Waals surface area contributed by atoms with Crippen molar-refractivity contribution in [2.75, 3.05) is 13.1 Å². The average molecular weight is 341 g/mol. The van der Waals surface area contributed by atoms with Crippen molar-refractivity contribution in [3.8, 4) is 0 Å². The minimum atomic E-state index is -0.119. The molecule has 0 N–H and O–H groups in total. The van der Waals surface area contributed by atoms with Crippen molar-refractivity contribution in [1.29, 1.82) is 0 Å². The Bertz CT molecular complexity index is 417. The largest absolute Gasteiger partial charge is 0.446 e. The highest BCUT2D eigenvalue weighted by atomic mass is 32.1. The van der Waals surface area contributed by atoms with Crippen LogP contribution in [0.2, 0.25) is 0 Å². The molecule has 0 radical (unpaired) electrons. The molecule has 1 saturated heterocycles. The van der Waals surface area contributed by atoms with Gasteiger partial charge in [0.2, 0.25) is 0 Å². The van der Waals surface area contributed by atoms with Crippen LogP contribution in [0, 0.1) is 0 Å². The van der Waals surface area contributed by atoms with Crippen LogP contribution in [-0.4, -0.2) is 35.2 Å². The number of hydrogen-bond acceptors (Lipinski definition) is 4. The molecule has 132 valence electrons. The molecule has 2 fully saturated rings. The summed E-state index contributed by atoms with van der Waals surface area (Å²) in [5.74, 6) is 0.402. The lowest BCUT2D eigenvalue weighted by atomic mass is 9.98. The second-order valence-corrected chi connectivity index (χ2v) is 6.37. The molecule has 5 heteroatoms. The van der Waals surface area contributed by atoms with E-state index in [-0.39, 0.29) is 12.2 Å². The molecule has 2 heterocycles. The van der Waals surface area contributed by atoms with Crippen LogP contribution in [0.1, 0.15) is 77.1 Å². The smallest absolute Gasteiger partial charge is 0.410 e. The predicted molar refractivity (Wildman–Crippen MR) is 97.1 cm³/mol. The molecule has 1 aromatic rings. The van der Waals surface area contributed by atoms with E-state index in [0.29, 0.717) is 5.92 Å². The molecule has 1 saturated carbocycles. The van der Waals surface area contributed by atoms with E-state index in [0.717, 1.165) is 37.4 Å². The molecular weight excluding hydrogens is 308 g/mol. The highest BCUT2D eigenvalue weighted by Crippen LogP contribution is 2.29. The van der Waals surface area contributed by atoms with Crippen molar-refractivity contribution in [3.05, 3.63) is 16.6 Å². The molecule has 3 rings (SSSR count). The molecule has 1 unspecified atom stereocenters. The number of carbonyl (C=O) groups is 1. The number of hydrogen-bond donors (Lipinski definition) is 0. The number of ether oxygens (including phenoxy) is 1. The van der Waals surface area contributed by atoms with Crippen molar-refractivity contribution in [2.24, 2.45) is 0 Å². The summed E-state index contributed by atoms with van der Waals surface area (Å²) in [6.07, 6.45) is 8.62. The second-order valence-electron chi connectivity index (χ2n) is 5.45. The molecule has 0 spiro atoms. The second kappa shape index (κ2) is 11.4. The average Bonchev–Trinajstić information content (AvgIpc) is 3.31. The van der Waals surface area contributed by atoms with E-state index < -0.39 is 0 Å². The van der Waals surface area contributed by atoms with Gasteiger partial charge in [-0.05, 0) is 32.1 Å². The van der Waals surface area contributed by atoms with Crippen molar-refractivity contribution < 1.29 is 9.53 Å². The van der Waals surface area contributed by atoms with Crippen molar-refractivity contribution in [1.82, 2.24) is 9.88 Å². The van der Waals surface area contributed by atoms with E-state index in [1.54, 1.807) is 11.3 Å². The number of carbonyl (C=O) groups excluding carboxylic acids is 1. The van der Waals surface area contributed by atoms with Gasteiger partial charge >= 0.3 is 6.09 Å².